The van der Waals surface area contributed by atoms with Crippen LogP contribution in [0.4, 0.5) is 0 Å². The summed E-state index contributed by atoms with van der Waals surface area (Å²) < 4.78 is 6.35. The number of thioether (sulfide) groups is 1. The van der Waals surface area contributed by atoms with E-state index in [1.54, 1.807) is 11.8 Å². The van der Waals surface area contributed by atoms with Crippen molar-refractivity contribution >= 4 is 11.8 Å². The molecule has 0 saturated carbocycles. The van der Waals surface area contributed by atoms with Crippen molar-refractivity contribution in [3.05, 3.63) is 58.7 Å². The molecule has 1 N–H and O–H groups in total. The molecule has 2 nitrogen and oxygen atoms in total. The zero-order valence-electron chi connectivity index (χ0n) is 12.3. The van der Waals surface area contributed by atoms with Gasteiger partial charge in [0.25, 0.3) is 0 Å². The van der Waals surface area contributed by atoms with E-state index in [0.717, 1.165) is 31.6 Å². The lowest BCUT2D eigenvalue weighted by atomic mass is 10.1. The molecular formula is C17H23NOS. The van der Waals surface area contributed by atoms with Crippen LogP contribution in [0.5, 0.6) is 0 Å². The van der Waals surface area contributed by atoms with E-state index >= 15 is 0 Å². The first-order valence-electron chi connectivity index (χ1n) is 7.15. The highest BCUT2D eigenvalue weighted by Gasteiger charge is 2.17. The highest BCUT2D eigenvalue weighted by Crippen LogP contribution is 2.32. The van der Waals surface area contributed by atoms with Gasteiger partial charge in [0.2, 0.25) is 0 Å². The van der Waals surface area contributed by atoms with Gasteiger partial charge < -0.3 is 10.1 Å². The molecule has 0 amide bonds. The van der Waals surface area contributed by atoms with E-state index in [4.69, 9.17) is 4.74 Å². The smallest absolute Gasteiger partial charge is 0.124 e. The van der Waals surface area contributed by atoms with Gasteiger partial charge >= 0.3 is 0 Å². The van der Waals surface area contributed by atoms with Crippen LogP contribution >= 0.6 is 11.8 Å². The summed E-state index contributed by atoms with van der Waals surface area (Å²) in [6.45, 7) is 0.956. The van der Waals surface area contributed by atoms with Crippen LogP contribution in [0.3, 0.4) is 0 Å². The van der Waals surface area contributed by atoms with Crippen molar-refractivity contribution in [2.24, 2.45) is 0 Å². The third-order valence-electron chi connectivity index (χ3n) is 3.41. The first-order chi connectivity index (χ1) is 9.85. The SMILES string of the molecule is CNCC[C@@H](OC1=C(SC)C=CCC1)c1ccccc1. The third kappa shape index (κ3) is 4.15. The number of nitrogens with one attached hydrogen (secondary N) is 1. The molecule has 1 atom stereocenters. The van der Waals surface area contributed by atoms with Gasteiger partial charge in [-0.1, -0.05) is 36.4 Å². The van der Waals surface area contributed by atoms with Gasteiger partial charge in [-0.3, -0.25) is 0 Å². The summed E-state index contributed by atoms with van der Waals surface area (Å²) in [5, 5.41) is 3.22. The number of benzene rings is 1. The van der Waals surface area contributed by atoms with E-state index in [-0.39, 0.29) is 6.10 Å². The summed E-state index contributed by atoms with van der Waals surface area (Å²) in [6.07, 6.45) is 9.72. The van der Waals surface area contributed by atoms with Crippen LogP contribution in [0, 0.1) is 0 Å². The molecule has 2 rings (SSSR count). The second-order valence-corrected chi connectivity index (χ2v) is 5.69. The Morgan fingerprint density at radius 2 is 2.10 bits per heavy atom. The average molecular weight is 289 g/mol. The molecule has 20 heavy (non-hydrogen) atoms. The summed E-state index contributed by atoms with van der Waals surface area (Å²) in [7, 11) is 1.98. The molecule has 108 valence electrons. The third-order valence-corrected chi connectivity index (χ3v) is 4.22. The molecule has 0 heterocycles. The van der Waals surface area contributed by atoms with Crippen LogP contribution < -0.4 is 5.32 Å². The van der Waals surface area contributed by atoms with Crippen molar-refractivity contribution in [2.75, 3.05) is 19.8 Å². The fourth-order valence-corrected chi connectivity index (χ4v) is 2.94. The molecule has 1 aliphatic rings. The fraction of sp³-hybridized carbons (Fsp3) is 0.412. The molecule has 0 radical (unpaired) electrons. The number of hydrogen-bond donors (Lipinski definition) is 1. The largest absolute Gasteiger partial charge is 0.489 e. The van der Waals surface area contributed by atoms with E-state index in [1.165, 1.54) is 10.5 Å². The zero-order valence-corrected chi connectivity index (χ0v) is 13.1. The molecule has 0 aliphatic heterocycles. The van der Waals surface area contributed by atoms with Crippen molar-refractivity contribution in [3.63, 3.8) is 0 Å². The summed E-state index contributed by atoms with van der Waals surface area (Å²) in [6, 6.07) is 10.5. The van der Waals surface area contributed by atoms with Crippen molar-refractivity contribution in [1.29, 1.82) is 0 Å². The Morgan fingerprint density at radius 1 is 1.30 bits per heavy atom. The number of ether oxygens (including phenoxy) is 1. The number of allylic oxidation sites excluding steroid dienone is 3. The lowest BCUT2D eigenvalue weighted by Gasteiger charge is -2.24. The van der Waals surface area contributed by atoms with E-state index in [2.05, 4.69) is 54.1 Å². The predicted octanol–water partition coefficient (Wildman–Crippen LogP) is 4.28. The maximum atomic E-state index is 6.35. The van der Waals surface area contributed by atoms with E-state index in [1.807, 2.05) is 7.05 Å². The normalized spacial score (nSPS) is 16.3. The van der Waals surface area contributed by atoms with Crippen LogP contribution in [0.15, 0.2) is 53.1 Å². The second-order valence-electron chi connectivity index (χ2n) is 4.84. The van der Waals surface area contributed by atoms with E-state index < -0.39 is 0 Å². The summed E-state index contributed by atoms with van der Waals surface area (Å²) >= 11 is 1.77. The second kappa shape index (κ2) is 8.18. The minimum atomic E-state index is 0.132. The monoisotopic (exact) mass is 289 g/mol. The quantitative estimate of drug-likeness (QED) is 0.809. The summed E-state index contributed by atoms with van der Waals surface area (Å²) in [5.41, 5.74) is 1.25. The Balaban J connectivity index is 2.15. The molecule has 1 aromatic rings. The average Bonchev–Trinajstić information content (AvgIpc) is 2.52. The van der Waals surface area contributed by atoms with Crippen molar-refractivity contribution in [2.45, 2.75) is 25.4 Å². The van der Waals surface area contributed by atoms with Gasteiger partial charge in [-0.2, -0.15) is 0 Å². The minimum absolute atomic E-state index is 0.132. The topological polar surface area (TPSA) is 21.3 Å². The Morgan fingerprint density at radius 3 is 2.80 bits per heavy atom. The van der Waals surface area contributed by atoms with Gasteiger partial charge in [0, 0.05) is 17.7 Å². The first kappa shape index (κ1) is 15.2. The molecule has 0 fully saturated rings. The van der Waals surface area contributed by atoms with Gasteiger partial charge in [-0.15, -0.1) is 11.8 Å². The predicted molar refractivity (Wildman–Crippen MR) is 87.7 cm³/mol. The number of hydrogen-bond acceptors (Lipinski definition) is 3. The lowest BCUT2D eigenvalue weighted by Crippen LogP contribution is -2.15. The Labute approximate surface area is 126 Å². The highest BCUT2D eigenvalue weighted by molar-refractivity contribution is 8.02. The standard InChI is InChI=1S/C17H23NOS/c1-18-13-12-15(14-8-4-3-5-9-14)19-16-10-6-7-11-17(16)20-2/h3-5,7-9,11,15,18H,6,10,12-13H2,1-2H3/t15-/m1/s1. The molecule has 1 aliphatic carbocycles. The molecule has 3 heteroatoms. The first-order valence-corrected chi connectivity index (χ1v) is 8.37. The molecule has 0 bridgehead atoms. The number of rotatable bonds is 7. The minimum Gasteiger partial charge on any atom is -0.489 e. The Bertz CT molecular complexity index is 467. The molecule has 0 saturated heterocycles. The van der Waals surface area contributed by atoms with E-state index in [0.29, 0.717) is 0 Å². The van der Waals surface area contributed by atoms with E-state index in [9.17, 15) is 0 Å². The molecule has 0 unspecified atom stereocenters. The van der Waals surface area contributed by atoms with Gasteiger partial charge in [0.15, 0.2) is 0 Å². The summed E-state index contributed by atoms with van der Waals surface area (Å²) in [4.78, 5) is 1.27. The van der Waals surface area contributed by atoms with Crippen molar-refractivity contribution in [1.82, 2.24) is 5.32 Å². The van der Waals surface area contributed by atoms with Crippen molar-refractivity contribution < 1.29 is 4.74 Å². The maximum Gasteiger partial charge on any atom is 0.124 e. The Hall–Kier alpha value is -1.19. The molecule has 0 spiro atoms. The molecule has 0 aromatic heterocycles. The Kier molecular flexibility index (Phi) is 6.22. The van der Waals surface area contributed by atoms with Gasteiger partial charge in [0.1, 0.15) is 11.9 Å². The van der Waals surface area contributed by atoms with Gasteiger partial charge in [-0.05, 0) is 37.9 Å². The van der Waals surface area contributed by atoms with Crippen LogP contribution in [-0.4, -0.2) is 19.8 Å². The van der Waals surface area contributed by atoms with Crippen LogP contribution in [-0.2, 0) is 4.74 Å². The maximum absolute atomic E-state index is 6.35. The van der Waals surface area contributed by atoms with Crippen molar-refractivity contribution in [3.8, 4) is 0 Å². The van der Waals surface area contributed by atoms with Crippen LogP contribution in [0.2, 0.25) is 0 Å². The van der Waals surface area contributed by atoms with Crippen LogP contribution in [0.25, 0.3) is 0 Å². The van der Waals surface area contributed by atoms with Crippen LogP contribution in [0.1, 0.15) is 30.9 Å². The van der Waals surface area contributed by atoms with Gasteiger partial charge in [0.05, 0.1) is 0 Å². The molecular weight excluding hydrogens is 266 g/mol. The molecule has 1 aromatic carbocycles. The zero-order chi connectivity index (χ0) is 14.2. The fourth-order valence-electron chi connectivity index (χ4n) is 2.33. The highest BCUT2D eigenvalue weighted by atomic mass is 32.2. The summed E-state index contributed by atoms with van der Waals surface area (Å²) in [5.74, 6) is 1.14. The van der Waals surface area contributed by atoms with Gasteiger partial charge in [-0.25, -0.2) is 0 Å². The lowest BCUT2D eigenvalue weighted by molar-refractivity contribution is 0.102.